The molecule has 7 nitrogen and oxygen atoms in total. The molecule has 0 aliphatic heterocycles. The summed E-state index contributed by atoms with van der Waals surface area (Å²) in [6.45, 7) is 0. The number of non-ortho nitro benzene ring substituents is 1. The first-order chi connectivity index (χ1) is 6.54. The Balaban J connectivity index is 3.27. The summed E-state index contributed by atoms with van der Waals surface area (Å²) in [5.74, 6) is -1.30. The van der Waals surface area contributed by atoms with E-state index in [4.69, 9.17) is 10.3 Å². The van der Waals surface area contributed by atoms with E-state index >= 15 is 0 Å². The molecule has 0 radical (unpaired) electrons. The third kappa shape index (κ3) is 1.96. The van der Waals surface area contributed by atoms with Gasteiger partial charge in [-0.3, -0.25) is 20.8 Å². The number of nitrogens with one attached hydrogen (secondary N) is 1. The van der Waals surface area contributed by atoms with Crippen molar-refractivity contribution >= 4 is 17.3 Å². The zero-order valence-corrected chi connectivity index (χ0v) is 6.80. The molecule has 0 bridgehead atoms. The number of nitro benzene ring substituents is 1. The van der Waals surface area contributed by atoms with Gasteiger partial charge in [-0.05, 0) is 6.07 Å². The topological polar surface area (TPSA) is 113 Å². The Labute approximate surface area is 77.7 Å². The molecule has 0 fully saturated rings. The highest BCUT2D eigenvalue weighted by Crippen LogP contribution is 2.20. The van der Waals surface area contributed by atoms with Gasteiger partial charge in [0.2, 0.25) is 0 Å². The Bertz CT molecular complexity index is 357. The van der Waals surface area contributed by atoms with Crippen LogP contribution in [0.3, 0.4) is 0 Å². The standard InChI is InChI=1S/C7H6N2O5/c10-7(11)4-1-5(8-12)3-6(2-4)9(13)14/h1-3,8,12H,(H,10,11). The molecular weight excluding hydrogens is 192 g/mol. The van der Waals surface area contributed by atoms with Gasteiger partial charge < -0.3 is 5.11 Å². The summed E-state index contributed by atoms with van der Waals surface area (Å²) in [4.78, 5) is 20.1. The van der Waals surface area contributed by atoms with Gasteiger partial charge in [0.15, 0.2) is 0 Å². The average molecular weight is 198 g/mol. The summed E-state index contributed by atoms with van der Waals surface area (Å²) in [6.07, 6.45) is 0. The lowest BCUT2D eigenvalue weighted by Gasteiger charge is -2.00. The third-order valence-electron chi connectivity index (χ3n) is 1.50. The van der Waals surface area contributed by atoms with Crippen LogP contribution in [0.2, 0.25) is 0 Å². The molecule has 0 spiro atoms. The number of nitro groups is 1. The quantitative estimate of drug-likeness (QED) is 0.495. The van der Waals surface area contributed by atoms with Crippen molar-refractivity contribution in [3.8, 4) is 0 Å². The van der Waals surface area contributed by atoms with Crippen LogP contribution in [0.15, 0.2) is 18.2 Å². The average Bonchev–Trinajstić information content (AvgIpc) is 2.16. The summed E-state index contributed by atoms with van der Waals surface area (Å²) >= 11 is 0. The Morgan fingerprint density at radius 2 is 2.07 bits per heavy atom. The van der Waals surface area contributed by atoms with Gasteiger partial charge in [0.05, 0.1) is 16.2 Å². The number of hydrogen-bond donors (Lipinski definition) is 3. The molecule has 3 N–H and O–H groups in total. The maximum atomic E-state index is 10.5. The van der Waals surface area contributed by atoms with E-state index in [9.17, 15) is 14.9 Å². The predicted octanol–water partition coefficient (Wildman–Crippen LogP) is 1.09. The van der Waals surface area contributed by atoms with Gasteiger partial charge in [-0.25, -0.2) is 4.79 Å². The Morgan fingerprint density at radius 1 is 1.43 bits per heavy atom. The van der Waals surface area contributed by atoms with Crippen molar-refractivity contribution in [1.29, 1.82) is 0 Å². The van der Waals surface area contributed by atoms with Crippen molar-refractivity contribution in [3.05, 3.63) is 33.9 Å². The third-order valence-corrected chi connectivity index (χ3v) is 1.50. The molecule has 0 atom stereocenters. The van der Waals surface area contributed by atoms with Gasteiger partial charge >= 0.3 is 5.97 Å². The van der Waals surface area contributed by atoms with Crippen LogP contribution >= 0.6 is 0 Å². The highest BCUT2D eigenvalue weighted by molar-refractivity contribution is 5.89. The number of benzene rings is 1. The summed E-state index contributed by atoms with van der Waals surface area (Å²) in [5.41, 5.74) is 0.936. The number of hydrogen-bond acceptors (Lipinski definition) is 5. The maximum Gasteiger partial charge on any atom is 0.336 e. The minimum atomic E-state index is -1.30. The van der Waals surface area contributed by atoms with Crippen molar-refractivity contribution in [3.63, 3.8) is 0 Å². The lowest BCUT2D eigenvalue weighted by molar-refractivity contribution is -0.384. The molecule has 0 amide bonds. The molecule has 0 aliphatic carbocycles. The number of carboxylic acid groups (broad SMARTS) is 1. The molecule has 0 unspecified atom stereocenters. The normalized spacial score (nSPS) is 9.50. The molecular formula is C7H6N2O5. The SMILES string of the molecule is O=C(O)c1cc(NO)cc([N+](=O)[O-])c1. The minimum Gasteiger partial charge on any atom is -0.478 e. The van der Waals surface area contributed by atoms with Gasteiger partial charge in [-0.2, -0.15) is 0 Å². The van der Waals surface area contributed by atoms with Crippen LogP contribution in [0.4, 0.5) is 11.4 Å². The Morgan fingerprint density at radius 3 is 2.50 bits per heavy atom. The molecule has 0 heterocycles. The van der Waals surface area contributed by atoms with Crippen LogP contribution in [-0.4, -0.2) is 21.2 Å². The van der Waals surface area contributed by atoms with E-state index in [2.05, 4.69) is 0 Å². The van der Waals surface area contributed by atoms with E-state index in [0.717, 1.165) is 18.2 Å². The van der Waals surface area contributed by atoms with Crippen LogP contribution in [0.25, 0.3) is 0 Å². The van der Waals surface area contributed by atoms with Gasteiger partial charge in [-0.1, -0.05) is 0 Å². The van der Waals surface area contributed by atoms with Crippen LogP contribution in [0.1, 0.15) is 10.4 Å². The molecule has 0 saturated carbocycles. The number of carbonyl (C=O) groups is 1. The zero-order chi connectivity index (χ0) is 10.7. The van der Waals surface area contributed by atoms with E-state index in [0.29, 0.717) is 0 Å². The molecule has 74 valence electrons. The fourth-order valence-corrected chi connectivity index (χ4v) is 0.905. The summed E-state index contributed by atoms with van der Waals surface area (Å²) in [6, 6.07) is 3.00. The number of rotatable bonds is 3. The molecule has 7 heteroatoms. The fraction of sp³-hybridized carbons (Fsp3) is 0. The highest BCUT2D eigenvalue weighted by atomic mass is 16.6. The molecule has 0 aliphatic rings. The number of anilines is 1. The van der Waals surface area contributed by atoms with E-state index in [1.807, 2.05) is 0 Å². The Hall–Kier alpha value is -2.15. The van der Waals surface area contributed by atoms with Crippen molar-refractivity contribution in [1.82, 2.24) is 0 Å². The first kappa shape index (κ1) is 9.93. The van der Waals surface area contributed by atoms with E-state index in [1.54, 1.807) is 5.48 Å². The number of carboxylic acids is 1. The van der Waals surface area contributed by atoms with E-state index in [1.165, 1.54) is 0 Å². The van der Waals surface area contributed by atoms with Gasteiger partial charge in [-0.15, -0.1) is 0 Å². The molecule has 14 heavy (non-hydrogen) atoms. The van der Waals surface area contributed by atoms with Gasteiger partial charge in [0, 0.05) is 12.1 Å². The second-order valence-electron chi connectivity index (χ2n) is 2.44. The monoisotopic (exact) mass is 198 g/mol. The van der Waals surface area contributed by atoms with Crippen LogP contribution in [0, 0.1) is 10.1 Å². The predicted molar refractivity (Wildman–Crippen MR) is 45.5 cm³/mol. The van der Waals surface area contributed by atoms with Crippen LogP contribution < -0.4 is 5.48 Å². The lowest BCUT2D eigenvalue weighted by Crippen LogP contribution is -2.00. The lowest BCUT2D eigenvalue weighted by atomic mass is 10.2. The zero-order valence-electron chi connectivity index (χ0n) is 6.80. The summed E-state index contributed by atoms with van der Waals surface area (Å²) in [7, 11) is 0. The van der Waals surface area contributed by atoms with Crippen LogP contribution in [0.5, 0.6) is 0 Å². The van der Waals surface area contributed by atoms with Gasteiger partial charge in [0.25, 0.3) is 5.69 Å². The van der Waals surface area contributed by atoms with Gasteiger partial charge in [0.1, 0.15) is 0 Å². The molecule has 0 saturated heterocycles. The summed E-state index contributed by atoms with van der Waals surface area (Å²) in [5, 5.41) is 27.4. The Kier molecular flexibility index (Phi) is 2.63. The molecule has 1 rings (SSSR count). The van der Waals surface area contributed by atoms with Crippen molar-refractivity contribution in [2.24, 2.45) is 0 Å². The highest BCUT2D eigenvalue weighted by Gasteiger charge is 2.13. The summed E-state index contributed by atoms with van der Waals surface area (Å²) < 4.78 is 0. The van der Waals surface area contributed by atoms with Crippen molar-refractivity contribution in [2.75, 3.05) is 5.48 Å². The largest absolute Gasteiger partial charge is 0.478 e. The molecule has 1 aromatic carbocycles. The minimum absolute atomic E-state index is 0.0448. The number of nitrogens with zero attached hydrogens (tertiary/aromatic N) is 1. The van der Waals surface area contributed by atoms with E-state index in [-0.39, 0.29) is 11.3 Å². The molecule has 1 aromatic rings. The van der Waals surface area contributed by atoms with Crippen molar-refractivity contribution in [2.45, 2.75) is 0 Å². The maximum absolute atomic E-state index is 10.5. The fourth-order valence-electron chi connectivity index (χ4n) is 0.905. The second kappa shape index (κ2) is 3.71. The van der Waals surface area contributed by atoms with E-state index < -0.39 is 16.6 Å². The second-order valence-corrected chi connectivity index (χ2v) is 2.44. The van der Waals surface area contributed by atoms with Crippen molar-refractivity contribution < 1.29 is 20.0 Å². The number of aromatic carboxylic acids is 1. The first-order valence-electron chi connectivity index (χ1n) is 3.47. The smallest absolute Gasteiger partial charge is 0.336 e. The van der Waals surface area contributed by atoms with Crippen LogP contribution in [-0.2, 0) is 0 Å². The molecule has 0 aromatic heterocycles. The first-order valence-corrected chi connectivity index (χ1v) is 3.47.